The highest BCUT2D eigenvalue weighted by Crippen LogP contribution is 2.25. The Hall–Kier alpha value is -3.68. The van der Waals surface area contributed by atoms with E-state index in [1.165, 1.54) is 13.1 Å². The number of carbonyl (C=O) groups excluding carboxylic acids is 2. The van der Waals surface area contributed by atoms with Gasteiger partial charge in [0.15, 0.2) is 11.9 Å². The number of nitrogens with one attached hydrogen (secondary N) is 1. The van der Waals surface area contributed by atoms with E-state index in [2.05, 4.69) is 15.5 Å². The molecule has 0 spiro atoms. The lowest BCUT2D eigenvalue weighted by Gasteiger charge is -2.14. The monoisotopic (exact) mass is 367 g/mol. The molecule has 8 heteroatoms. The molecule has 1 N–H and O–H groups in total. The smallest absolute Gasteiger partial charge is 0.342 e. The zero-order valence-corrected chi connectivity index (χ0v) is 14.7. The summed E-state index contributed by atoms with van der Waals surface area (Å²) in [4.78, 5) is 28.6. The maximum Gasteiger partial charge on any atom is 0.342 e. The highest BCUT2D eigenvalue weighted by Gasteiger charge is 2.22. The molecule has 0 saturated carbocycles. The number of hydrogen-bond acceptors (Lipinski definition) is 7. The fourth-order valence-electron chi connectivity index (χ4n) is 2.19. The summed E-state index contributed by atoms with van der Waals surface area (Å²) < 4.78 is 15.8. The number of amides is 1. The summed E-state index contributed by atoms with van der Waals surface area (Å²) in [7, 11) is 0. The molecule has 1 unspecified atom stereocenters. The Bertz CT molecular complexity index is 939. The molecule has 138 valence electrons. The SMILES string of the molecule is Cc1cc(NC(=O)C(C)OC(=O)c2ccccc2Oc2cccnc2)no1. The highest BCUT2D eigenvalue weighted by molar-refractivity contribution is 5.98. The minimum atomic E-state index is -1.04. The Morgan fingerprint density at radius 1 is 1.19 bits per heavy atom. The van der Waals surface area contributed by atoms with Gasteiger partial charge in [0.2, 0.25) is 0 Å². The predicted octanol–water partition coefficient (Wildman–Crippen LogP) is 3.35. The predicted molar refractivity (Wildman–Crippen MR) is 95.5 cm³/mol. The molecular weight excluding hydrogens is 350 g/mol. The third-order valence-corrected chi connectivity index (χ3v) is 3.50. The van der Waals surface area contributed by atoms with Gasteiger partial charge in [-0.2, -0.15) is 0 Å². The lowest BCUT2D eigenvalue weighted by Crippen LogP contribution is -2.30. The fraction of sp³-hybridized carbons (Fsp3) is 0.158. The van der Waals surface area contributed by atoms with E-state index in [0.29, 0.717) is 17.3 Å². The van der Waals surface area contributed by atoms with Crippen molar-refractivity contribution >= 4 is 17.7 Å². The van der Waals surface area contributed by atoms with E-state index in [9.17, 15) is 9.59 Å². The van der Waals surface area contributed by atoms with Crippen LogP contribution in [0.3, 0.4) is 0 Å². The Balaban J connectivity index is 1.67. The molecular formula is C19H17N3O5. The van der Waals surface area contributed by atoms with Crippen molar-refractivity contribution in [2.45, 2.75) is 20.0 Å². The average molecular weight is 367 g/mol. The largest absolute Gasteiger partial charge is 0.455 e. The maximum absolute atomic E-state index is 12.5. The summed E-state index contributed by atoms with van der Waals surface area (Å²) in [5.41, 5.74) is 0.193. The van der Waals surface area contributed by atoms with Crippen LogP contribution in [0.1, 0.15) is 23.0 Å². The van der Waals surface area contributed by atoms with Gasteiger partial charge in [-0.15, -0.1) is 0 Å². The molecule has 3 rings (SSSR count). The second kappa shape index (κ2) is 8.13. The summed E-state index contributed by atoms with van der Waals surface area (Å²) in [6.45, 7) is 3.16. The van der Waals surface area contributed by atoms with Gasteiger partial charge in [-0.05, 0) is 38.1 Å². The zero-order chi connectivity index (χ0) is 19.2. The van der Waals surface area contributed by atoms with E-state index >= 15 is 0 Å². The Morgan fingerprint density at radius 2 is 2.00 bits per heavy atom. The highest BCUT2D eigenvalue weighted by atomic mass is 16.5. The standard InChI is InChI=1S/C19H17N3O5/c1-12-10-17(22-27-12)21-18(23)13(2)25-19(24)15-7-3-4-8-16(15)26-14-6-5-9-20-11-14/h3-11,13H,1-2H3,(H,21,22,23). The normalized spacial score (nSPS) is 11.5. The van der Waals surface area contributed by atoms with Crippen LogP contribution >= 0.6 is 0 Å². The van der Waals surface area contributed by atoms with E-state index in [4.69, 9.17) is 14.0 Å². The molecule has 3 aromatic rings. The van der Waals surface area contributed by atoms with Gasteiger partial charge in [-0.25, -0.2) is 4.79 Å². The van der Waals surface area contributed by atoms with Crippen molar-refractivity contribution in [2.24, 2.45) is 0 Å². The number of benzene rings is 1. The Labute approximate surface area is 155 Å². The molecule has 2 aromatic heterocycles. The summed E-state index contributed by atoms with van der Waals surface area (Å²) >= 11 is 0. The van der Waals surface area contributed by atoms with Crippen molar-refractivity contribution in [1.29, 1.82) is 0 Å². The van der Waals surface area contributed by atoms with E-state index in [0.717, 1.165) is 0 Å². The van der Waals surface area contributed by atoms with Crippen LogP contribution in [0, 0.1) is 6.92 Å². The van der Waals surface area contributed by atoms with Gasteiger partial charge in [0.25, 0.3) is 5.91 Å². The van der Waals surface area contributed by atoms with E-state index < -0.39 is 18.0 Å². The first kappa shape index (κ1) is 18.1. The number of carbonyl (C=O) groups is 2. The molecule has 0 aliphatic carbocycles. The second-order valence-corrected chi connectivity index (χ2v) is 5.65. The van der Waals surface area contributed by atoms with Crippen molar-refractivity contribution in [3.8, 4) is 11.5 Å². The van der Waals surface area contributed by atoms with Crippen LogP contribution in [0.15, 0.2) is 59.4 Å². The number of aryl methyl sites for hydroxylation is 1. The van der Waals surface area contributed by atoms with Crippen LogP contribution in [0.5, 0.6) is 11.5 Å². The van der Waals surface area contributed by atoms with Crippen molar-refractivity contribution in [3.05, 3.63) is 66.2 Å². The van der Waals surface area contributed by atoms with Gasteiger partial charge in [0.05, 0.1) is 6.20 Å². The van der Waals surface area contributed by atoms with Gasteiger partial charge in [-0.1, -0.05) is 17.3 Å². The van der Waals surface area contributed by atoms with Crippen LogP contribution in [0.2, 0.25) is 0 Å². The minimum absolute atomic E-state index is 0.193. The third-order valence-electron chi connectivity index (χ3n) is 3.50. The number of pyridine rings is 1. The summed E-state index contributed by atoms with van der Waals surface area (Å²) in [6, 6.07) is 11.6. The topological polar surface area (TPSA) is 104 Å². The number of nitrogens with zero attached hydrogens (tertiary/aromatic N) is 2. The quantitative estimate of drug-likeness (QED) is 0.666. The molecule has 1 atom stereocenters. The zero-order valence-electron chi connectivity index (χ0n) is 14.7. The summed E-state index contributed by atoms with van der Waals surface area (Å²) in [6.07, 6.45) is 2.10. The lowest BCUT2D eigenvalue weighted by molar-refractivity contribution is -0.123. The number of para-hydroxylation sites is 1. The Morgan fingerprint density at radius 3 is 2.70 bits per heavy atom. The average Bonchev–Trinajstić information content (AvgIpc) is 3.07. The van der Waals surface area contributed by atoms with E-state index in [1.54, 1.807) is 55.6 Å². The molecule has 0 bridgehead atoms. The minimum Gasteiger partial charge on any atom is -0.455 e. The van der Waals surface area contributed by atoms with E-state index in [-0.39, 0.29) is 11.4 Å². The molecule has 1 amide bonds. The van der Waals surface area contributed by atoms with Crippen molar-refractivity contribution in [3.63, 3.8) is 0 Å². The molecule has 0 saturated heterocycles. The van der Waals surface area contributed by atoms with Crippen LogP contribution in [0.4, 0.5) is 5.82 Å². The van der Waals surface area contributed by atoms with Gasteiger partial charge in [0, 0.05) is 12.3 Å². The number of anilines is 1. The first-order valence-corrected chi connectivity index (χ1v) is 8.15. The van der Waals surface area contributed by atoms with E-state index in [1.807, 2.05) is 0 Å². The number of esters is 1. The molecule has 0 aliphatic rings. The van der Waals surface area contributed by atoms with Crippen LogP contribution in [-0.2, 0) is 9.53 Å². The van der Waals surface area contributed by atoms with Crippen molar-refractivity contribution < 1.29 is 23.6 Å². The number of hydrogen-bond donors (Lipinski definition) is 1. The Kier molecular flexibility index (Phi) is 5.46. The van der Waals surface area contributed by atoms with Crippen LogP contribution in [-0.4, -0.2) is 28.1 Å². The van der Waals surface area contributed by atoms with Gasteiger partial charge < -0.3 is 19.3 Å². The van der Waals surface area contributed by atoms with Crippen molar-refractivity contribution in [1.82, 2.24) is 10.1 Å². The summed E-state index contributed by atoms with van der Waals surface area (Å²) in [5, 5.41) is 6.18. The fourth-order valence-corrected chi connectivity index (χ4v) is 2.19. The van der Waals surface area contributed by atoms with Crippen LogP contribution in [0.25, 0.3) is 0 Å². The van der Waals surface area contributed by atoms with Gasteiger partial charge in [0.1, 0.15) is 22.8 Å². The molecule has 2 heterocycles. The molecule has 27 heavy (non-hydrogen) atoms. The third kappa shape index (κ3) is 4.69. The second-order valence-electron chi connectivity index (χ2n) is 5.65. The number of ether oxygens (including phenoxy) is 2. The maximum atomic E-state index is 12.5. The molecule has 1 aromatic carbocycles. The molecule has 0 radical (unpaired) electrons. The van der Waals surface area contributed by atoms with Gasteiger partial charge in [-0.3, -0.25) is 9.78 Å². The molecule has 0 aliphatic heterocycles. The number of aromatic nitrogens is 2. The lowest BCUT2D eigenvalue weighted by atomic mass is 10.2. The molecule has 8 nitrogen and oxygen atoms in total. The van der Waals surface area contributed by atoms with Crippen LogP contribution < -0.4 is 10.1 Å². The first-order chi connectivity index (χ1) is 13.0. The van der Waals surface area contributed by atoms with Gasteiger partial charge >= 0.3 is 5.97 Å². The summed E-state index contributed by atoms with van der Waals surface area (Å²) in [5.74, 6) is 0.369. The molecule has 0 fully saturated rings. The first-order valence-electron chi connectivity index (χ1n) is 8.15. The van der Waals surface area contributed by atoms with Crippen molar-refractivity contribution in [2.75, 3.05) is 5.32 Å². The number of rotatable bonds is 6.